The number of hydrogen-bond acceptors (Lipinski definition) is 6. The van der Waals surface area contributed by atoms with Crippen LogP contribution in [0, 0.1) is 0 Å². The second-order valence-electron chi connectivity index (χ2n) is 4.02. The van der Waals surface area contributed by atoms with Crippen molar-refractivity contribution in [3.05, 3.63) is 0 Å². The van der Waals surface area contributed by atoms with Crippen molar-refractivity contribution < 1.29 is 23.7 Å². The number of rotatable bonds is 10. The largest absolute Gasteiger partial charge is 0.391 e. The standard InChI is InChI=1S/C11H26NO5P/c1-5-15-11(4,16-6-2)17-18(14,7-3)9-10(13)8-12/h10,13H,5-9,12H2,1-4H3/t10-,18?/m0/s1. The van der Waals surface area contributed by atoms with Crippen molar-refractivity contribution in [2.45, 2.75) is 39.8 Å². The lowest BCUT2D eigenvalue weighted by Crippen LogP contribution is -2.36. The molecule has 0 saturated carbocycles. The van der Waals surface area contributed by atoms with E-state index in [2.05, 4.69) is 0 Å². The van der Waals surface area contributed by atoms with Crippen LogP contribution in [0.2, 0.25) is 0 Å². The Hall–Kier alpha value is 0.0300. The smallest absolute Gasteiger partial charge is 0.285 e. The number of ether oxygens (including phenoxy) is 2. The Kier molecular flexibility index (Phi) is 8.26. The van der Waals surface area contributed by atoms with Gasteiger partial charge in [0.2, 0.25) is 7.37 Å². The van der Waals surface area contributed by atoms with E-state index in [1.165, 1.54) is 0 Å². The molecule has 7 heteroatoms. The van der Waals surface area contributed by atoms with E-state index in [9.17, 15) is 9.67 Å². The van der Waals surface area contributed by atoms with E-state index < -0.39 is 19.4 Å². The molecule has 0 aromatic carbocycles. The molecule has 6 nitrogen and oxygen atoms in total. The molecular weight excluding hydrogens is 257 g/mol. The summed E-state index contributed by atoms with van der Waals surface area (Å²) in [4.78, 5) is 0. The van der Waals surface area contributed by atoms with Crippen LogP contribution >= 0.6 is 7.37 Å². The van der Waals surface area contributed by atoms with Crippen molar-refractivity contribution in [3.8, 4) is 0 Å². The molecule has 0 fully saturated rings. The van der Waals surface area contributed by atoms with E-state index >= 15 is 0 Å². The van der Waals surface area contributed by atoms with E-state index in [4.69, 9.17) is 19.7 Å². The highest BCUT2D eigenvalue weighted by molar-refractivity contribution is 7.59. The predicted molar refractivity (Wildman–Crippen MR) is 70.8 cm³/mol. The molecule has 0 rings (SSSR count). The molecule has 0 aliphatic rings. The minimum Gasteiger partial charge on any atom is -0.391 e. The zero-order chi connectivity index (χ0) is 14.2. The summed E-state index contributed by atoms with van der Waals surface area (Å²) in [7, 11) is -3.03. The van der Waals surface area contributed by atoms with Gasteiger partial charge in [-0.1, -0.05) is 6.92 Å². The molecule has 1 unspecified atom stereocenters. The first-order valence-electron chi connectivity index (χ1n) is 6.29. The van der Waals surface area contributed by atoms with Gasteiger partial charge in [0.1, 0.15) is 0 Å². The minimum absolute atomic E-state index is 0.00966. The lowest BCUT2D eigenvalue weighted by molar-refractivity contribution is -0.328. The molecule has 0 aliphatic heterocycles. The third kappa shape index (κ3) is 6.27. The van der Waals surface area contributed by atoms with Gasteiger partial charge in [-0.25, -0.2) is 0 Å². The van der Waals surface area contributed by atoms with Crippen molar-refractivity contribution in [1.29, 1.82) is 0 Å². The zero-order valence-electron chi connectivity index (χ0n) is 11.7. The van der Waals surface area contributed by atoms with Crippen LogP contribution in [0.5, 0.6) is 0 Å². The Morgan fingerprint density at radius 2 is 1.78 bits per heavy atom. The lowest BCUT2D eigenvalue weighted by Gasteiger charge is -2.33. The van der Waals surface area contributed by atoms with Crippen LogP contribution in [-0.2, 0) is 18.6 Å². The van der Waals surface area contributed by atoms with Crippen LogP contribution in [0.1, 0.15) is 27.7 Å². The normalized spacial score (nSPS) is 17.4. The summed E-state index contributed by atoms with van der Waals surface area (Å²) in [6, 6.07) is 0. The van der Waals surface area contributed by atoms with Gasteiger partial charge in [-0.2, -0.15) is 0 Å². The topological polar surface area (TPSA) is 91.0 Å². The summed E-state index contributed by atoms with van der Waals surface area (Å²) < 4.78 is 28.7. The first-order chi connectivity index (χ1) is 8.34. The van der Waals surface area contributed by atoms with Gasteiger partial charge in [0.05, 0.1) is 12.3 Å². The molecule has 0 radical (unpaired) electrons. The fourth-order valence-electron chi connectivity index (χ4n) is 1.55. The lowest BCUT2D eigenvalue weighted by atomic mass is 10.4. The Morgan fingerprint density at radius 3 is 2.11 bits per heavy atom. The molecule has 0 aliphatic carbocycles. The number of aliphatic hydroxyl groups is 1. The molecule has 3 N–H and O–H groups in total. The maximum Gasteiger partial charge on any atom is 0.285 e. The van der Waals surface area contributed by atoms with Gasteiger partial charge in [0, 0.05) is 32.8 Å². The van der Waals surface area contributed by atoms with Crippen LogP contribution in [0.4, 0.5) is 0 Å². The van der Waals surface area contributed by atoms with Gasteiger partial charge in [-0.05, 0) is 13.8 Å². The van der Waals surface area contributed by atoms with Crippen LogP contribution in [0.3, 0.4) is 0 Å². The van der Waals surface area contributed by atoms with Gasteiger partial charge < -0.3 is 20.3 Å². The van der Waals surface area contributed by atoms with Crippen molar-refractivity contribution in [1.82, 2.24) is 0 Å². The molecule has 0 spiro atoms. The summed E-state index contributed by atoms with van der Waals surface area (Å²) in [5.74, 6) is -1.34. The predicted octanol–water partition coefficient (Wildman–Crippen LogP) is 1.37. The van der Waals surface area contributed by atoms with Gasteiger partial charge in [0.25, 0.3) is 5.97 Å². The van der Waals surface area contributed by atoms with Gasteiger partial charge in [-0.15, -0.1) is 0 Å². The Morgan fingerprint density at radius 1 is 1.28 bits per heavy atom. The average molecular weight is 283 g/mol. The van der Waals surface area contributed by atoms with Crippen LogP contribution in [0.25, 0.3) is 0 Å². The first kappa shape index (κ1) is 18.0. The van der Waals surface area contributed by atoms with E-state index in [0.29, 0.717) is 19.4 Å². The highest BCUT2D eigenvalue weighted by Crippen LogP contribution is 2.50. The maximum absolute atomic E-state index is 12.5. The van der Waals surface area contributed by atoms with E-state index in [1.807, 2.05) is 0 Å². The Balaban J connectivity index is 4.78. The number of aliphatic hydroxyl groups excluding tert-OH is 1. The molecule has 110 valence electrons. The first-order valence-corrected chi connectivity index (χ1v) is 8.29. The fourth-order valence-corrected chi connectivity index (χ4v) is 3.51. The van der Waals surface area contributed by atoms with Gasteiger partial charge in [0.15, 0.2) is 0 Å². The van der Waals surface area contributed by atoms with Crippen molar-refractivity contribution in [3.63, 3.8) is 0 Å². The molecule has 18 heavy (non-hydrogen) atoms. The number of nitrogens with two attached hydrogens (primary N) is 1. The van der Waals surface area contributed by atoms with E-state index in [-0.39, 0.29) is 12.7 Å². The Labute approximate surface area is 109 Å². The molecule has 0 bridgehead atoms. The molecule has 2 atom stereocenters. The maximum atomic E-state index is 12.5. The molecule has 0 aromatic heterocycles. The van der Waals surface area contributed by atoms with Crippen molar-refractivity contribution >= 4 is 7.37 Å². The minimum atomic E-state index is -3.03. The van der Waals surface area contributed by atoms with Crippen LogP contribution in [0.15, 0.2) is 0 Å². The van der Waals surface area contributed by atoms with Crippen molar-refractivity contribution in [2.24, 2.45) is 5.73 Å². The monoisotopic (exact) mass is 283 g/mol. The average Bonchev–Trinajstić information content (AvgIpc) is 2.28. The zero-order valence-corrected chi connectivity index (χ0v) is 12.6. The quantitative estimate of drug-likeness (QED) is 0.465. The number of hydrogen-bond donors (Lipinski definition) is 2. The third-order valence-electron chi connectivity index (χ3n) is 2.39. The highest BCUT2D eigenvalue weighted by atomic mass is 31.2. The van der Waals surface area contributed by atoms with E-state index in [0.717, 1.165) is 0 Å². The van der Waals surface area contributed by atoms with Crippen LogP contribution < -0.4 is 5.73 Å². The summed E-state index contributed by atoms with van der Waals surface area (Å²) in [5.41, 5.74) is 5.33. The molecule has 0 amide bonds. The van der Waals surface area contributed by atoms with Crippen LogP contribution in [-0.4, -0.2) is 49.3 Å². The fraction of sp³-hybridized carbons (Fsp3) is 1.00. The van der Waals surface area contributed by atoms with Gasteiger partial charge in [-0.3, -0.25) is 9.09 Å². The SMILES string of the molecule is CCOC(C)(OCC)OP(=O)(CC)C[C@@H](O)CN. The summed E-state index contributed by atoms with van der Waals surface area (Å²) in [5, 5.41) is 9.52. The Bertz CT molecular complexity index is 268. The molecule has 0 heterocycles. The van der Waals surface area contributed by atoms with E-state index in [1.54, 1.807) is 27.7 Å². The molecule has 0 aromatic rings. The third-order valence-corrected chi connectivity index (χ3v) is 4.99. The van der Waals surface area contributed by atoms with Gasteiger partial charge >= 0.3 is 0 Å². The molecule has 0 saturated heterocycles. The molecular formula is C11H26NO5P. The highest BCUT2D eigenvalue weighted by Gasteiger charge is 2.37. The summed E-state index contributed by atoms with van der Waals surface area (Å²) >= 11 is 0. The second kappa shape index (κ2) is 8.25. The second-order valence-corrected chi connectivity index (χ2v) is 6.83. The van der Waals surface area contributed by atoms with Crippen molar-refractivity contribution in [2.75, 3.05) is 32.1 Å². The summed E-state index contributed by atoms with van der Waals surface area (Å²) in [6.07, 6.45) is -0.543. The summed E-state index contributed by atoms with van der Waals surface area (Å²) in [6.45, 7) is 7.71.